The molecule has 1 aliphatic carbocycles. The smallest absolute Gasteiger partial charge is 0.221 e. The molecule has 4 heteroatoms. The predicted octanol–water partition coefficient (Wildman–Crippen LogP) is 4.16. The van der Waals surface area contributed by atoms with Gasteiger partial charge in [0.25, 0.3) is 0 Å². The van der Waals surface area contributed by atoms with Crippen LogP contribution in [0.15, 0.2) is 18.2 Å². The number of nitrogens with one attached hydrogen (secondary N) is 1. The van der Waals surface area contributed by atoms with Crippen molar-refractivity contribution in [3.63, 3.8) is 0 Å². The minimum Gasteiger partial charge on any atom is -0.326 e. The zero-order valence-electron chi connectivity index (χ0n) is 11.9. The van der Waals surface area contributed by atoms with Crippen LogP contribution in [-0.4, -0.2) is 11.7 Å². The SMILES string of the molecule is CC(=O)Nc1ccc(Cl)cc1C1CCC(C(C)=O)CC1. The molecule has 108 valence electrons. The zero-order valence-corrected chi connectivity index (χ0v) is 12.7. The molecule has 1 aromatic rings. The van der Waals surface area contributed by atoms with Crippen molar-refractivity contribution in [3.8, 4) is 0 Å². The molecule has 20 heavy (non-hydrogen) atoms. The van der Waals surface area contributed by atoms with Gasteiger partial charge in [-0.3, -0.25) is 9.59 Å². The molecule has 1 aromatic carbocycles. The van der Waals surface area contributed by atoms with E-state index >= 15 is 0 Å². The first kappa shape index (κ1) is 15.0. The number of halogens is 1. The lowest BCUT2D eigenvalue weighted by atomic mass is 9.77. The molecule has 0 aromatic heterocycles. The first-order valence-corrected chi connectivity index (χ1v) is 7.42. The fraction of sp³-hybridized carbons (Fsp3) is 0.500. The number of carbonyl (C=O) groups excluding carboxylic acids is 2. The minimum absolute atomic E-state index is 0.0778. The second-order valence-corrected chi connectivity index (χ2v) is 6.01. The maximum absolute atomic E-state index is 11.4. The number of hydrogen-bond acceptors (Lipinski definition) is 2. The van der Waals surface area contributed by atoms with Gasteiger partial charge in [-0.1, -0.05) is 11.6 Å². The highest BCUT2D eigenvalue weighted by Gasteiger charge is 2.26. The number of carbonyl (C=O) groups is 2. The van der Waals surface area contributed by atoms with Crippen molar-refractivity contribution in [3.05, 3.63) is 28.8 Å². The number of amides is 1. The van der Waals surface area contributed by atoms with Gasteiger partial charge in [0, 0.05) is 23.6 Å². The Morgan fingerprint density at radius 1 is 1.15 bits per heavy atom. The lowest BCUT2D eigenvalue weighted by Gasteiger charge is -2.28. The molecule has 1 amide bonds. The van der Waals surface area contributed by atoms with Crippen LogP contribution in [0.5, 0.6) is 0 Å². The molecule has 1 fully saturated rings. The molecule has 0 saturated heterocycles. The van der Waals surface area contributed by atoms with Crippen molar-refractivity contribution in [2.45, 2.75) is 45.4 Å². The summed E-state index contributed by atoms with van der Waals surface area (Å²) in [6.07, 6.45) is 3.78. The Morgan fingerprint density at radius 2 is 1.80 bits per heavy atom. The normalized spacial score (nSPS) is 22.4. The van der Waals surface area contributed by atoms with Crippen molar-refractivity contribution >= 4 is 29.0 Å². The molecule has 0 radical (unpaired) electrons. The average molecular weight is 294 g/mol. The van der Waals surface area contributed by atoms with Gasteiger partial charge < -0.3 is 5.32 Å². The van der Waals surface area contributed by atoms with Gasteiger partial charge in [-0.15, -0.1) is 0 Å². The van der Waals surface area contributed by atoms with Gasteiger partial charge in [0.2, 0.25) is 5.91 Å². The van der Waals surface area contributed by atoms with E-state index in [0.717, 1.165) is 36.9 Å². The molecule has 0 unspecified atom stereocenters. The van der Waals surface area contributed by atoms with Gasteiger partial charge in [0.05, 0.1) is 0 Å². The first-order valence-electron chi connectivity index (χ1n) is 7.05. The Hall–Kier alpha value is -1.35. The van der Waals surface area contributed by atoms with Crippen LogP contribution in [-0.2, 0) is 9.59 Å². The maximum Gasteiger partial charge on any atom is 0.221 e. The summed E-state index contributed by atoms with van der Waals surface area (Å²) >= 11 is 6.08. The van der Waals surface area contributed by atoms with Crippen molar-refractivity contribution in [2.75, 3.05) is 5.32 Å². The van der Waals surface area contributed by atoms with Gasteiger partial charge in [-0.2, -0.15) is 0 Å². The Labute approximate surface area is 124 Å². The summed E-state index contributed by atoms with van der Waals surface area (Å²) in [5.41, 5.74) is 1.93. The molecule has 0 heterocycles. The van der Waals surface area contributed by atoms with Crippen LogP contribution in [0.4, 0.5) is 5.69 Å². The molecular formula is C16H20ClNO2. The van der Waals surface area contributed by atoms with Crippen LogP contribution in [0, 0.1) is 5.92 Å². The third-order valence-corrected chi connectivity index (χ3v) is 4.30. The third kappa shape index (κ3) is 3.60. The zero-order chi connectivity index (χ0) is 14.7. The summed E-state index contributed by atoms with van der Waals surface area (Å²) in [6, 6.07) is 5.58. The lowest BCUT2D eigenvalue weighted by Crippen LogP contribution is -2.20. The van der Waals surface area contributed by atoms with E-state index in [4.69, 9.17) is 11.6 Å². The third-order valence-electron chi connectivity index (χ3n) is 4.07. The molecule has 0 aliphatic heterocycles. The Bertz CT molecular complexity index is 519. The summed E-state index contributed by atoms with van der Waals surface area (Å²) in [5.74, 6) is 0.781. The van der Waals surface area contributed by atoms with Crippen LogP contribution in [0.2, 0.25) is 5.02 Å². The maximum atomic E-state index is 11.4. The van der Waals surface area contributed by atoms with E-state index in [-0.39, 0.29) is 17.6 Å². The minimum atomic E-state index is -0.0778. The first-order chi connectivity index (χ1) is 9.47. The predicted molar refractivity (Wildman–Crippen MR) is 81.1 cm³/mol. The van der Waals surface area contributed by atoms with E-state index in [2.05, 4.69) is 5.32 Å². The highest BCUT2D eigenvalue weighted by molar-refractivity contribution is 6.30. The number of Topliss-reactive ketones (excluding diaryl/α,β-unsaturated/α-hetero) is 1. The van der Waals surface area contributed by atoms with E-state index in [0.29, 0.717) is 10.9 Å². The molecule has 0 atom stereocenters. The Morgan fingerprint density at radius 3 is 2.35 bits per heavy atom. The van der Waals surface area contributed by atoms with Gasteiger partial charge in [0.1, 0.15) is 5.78 Å². The molecule has 1 saturated carbocycles. The topological polar surface area (TPSA) is 46.2 Å². The highest BCUT2D eigenvalue weighted by Crippen LogP contribution is 2.39. The molecule has 2 rings (SSSR count). The van der Waals surface area contributed by atoms with Crippen molar-refractivity contribution in [1.29, 1.82) is 0 Å². The average Bonchev–Trinajstić information content (AvgIpc) is 2.40. The number of rotatable bonds is 3. The van der Waals surface area contributed by atoms with Crippen molar-refractivity contribution in [2.24, 2.45) is 5.92 Å². The van der Waals surface area contributed by atoms with E-state index < -0.39 is 0 Å². The summed E-state index contributed by atoms with van der Waals surface area (Å²) in [5, 5.41) is 3.55. The van der Waals surface area contributed by atoms with Crippen molar-refractivity contribution in [1.82, 2.24) is 0 Å². The van der Waals surface area contributed by atoms with Crippen LogP contribution in [0.1, 0.15) is 51.0 Å². The highest BCUT2D eigenvalue weighted by atomic mass is 35.5. The molecule has 3 nitrogen and oxygen atoms in total. The lowest BCUT2D eigenvalue weighted by molar-refractivity contribution is -0.121. The van der Waals surface area contributed by atoms with Gasteiger partial charge in [0.15, 0.2) is 0 Å². The second-order valence-electron chi connectivity index (χ2n) is 5.57. The van der Waals surface area contributed by atoms with Crippen molar-refractivity contribution < 1.29 is 9.59 Å². The number of hydrogen-bond donors (Lipinski definition) is 1. The Balaban J connectivity index is 2.18. The summed E-state index contributed by atoms with van der Waals surface area (Å²) < 4.78 is 0. The second kappa shape index (κ2) is 6.40. The van der Waals surface area contributed by atoms with Gasteiger partial charge in [-0.25, -0.2) is 0 Å². The standard InChI is InChI=1S/C16H20ClNO2/c1-10(19)12-3-5-13(6-4-12)15-9-14(17)7-8-16(15)18-11(2)20/h7-9,12-13H,3-6H2,1-2H3,(H,18,20). The molecule has 1 N–H and O–H groups in total. The largest absolute Gasteiger partial charge is 0.326 e. The molecule has 0 bridgehead atoms. The monoisotopic (exact) mass is 293 g/mol. The van der Waals surface area contributed by atoms with Crippen LogP contribution in [0.25, 0.3) is 0 Å². The quantitative estimate of drug-likeness (QED) is 0.909. The van der Waals surface area contributed by atoms with E-state index in [1.807, 2.05) is 12.1 Å². The van der Waals surface area contributed by atoms with Crippen LogP contribution in [0.3, 0.4) is 0 Å². The number of anilines is 1. The number of ketones is 1. The summed E-state index contributed by atoms with van der Waals surface area (Å²) in [6.45, 7) is 3.18. The van der Waals surface area contributed by atoms with E-state index in [9.17, 15) is 9.59 Å². The summed E-state index contributed by atoms with van der Waals surface area (Å²) in [7, 11) is 0. The molecule has 1 aliphatic rings. The fourth-order valence-corrected chi connectivity index (χ4v) is 3.17. The fourth-order valence-electron chi connectivity index (χ4n) is 2.99. The Kier molecular flexibility index (Phi) is 4.81. The van der Waals surface area contributed by atoms with E-state index in [1.165, 1.54) is 6.92 Å². The van der Waals surface area contributed by atoms with Crippen LogP contribution < -0.4 is 5.32 Å². The van der Waals surface area contributed by atoms with Gasteiger partial charge >= 0.3 is 0 Å². The van der Waals surface area contributed by atoms with E-state index in [1.54, 1.807) is 13.0 Å². The number of benzene rings is 1. The van der Waals surface area contributed by atoms with Gasteiger partial charge in [-0.05, 0) is 62.3 Å². The molecule has 0 spiro atoms. The van der Waals surface area contributed by atoms with Crippen LogP contribution >= 0.6 is 11.6 Å². The molecular weight excluding hydrogens is 274 g/mol. The summed E-state index contributed by atoms with van der Waals surface area (Å²) in [4.78, 5) is 22.7.